The molecule has 168 valence electrons. The molecule has 1 aromatic rings. The van der Waals surface area contributed by atoms with Crippen molar-refractivity contribution < 1.29 is 9.53 Å². The maximum absolute atomic E-state index is 12.2. The highest BCUT2D eigenvalue weighted by Crippen LogP contribution is 2.19. The molecule has 2 rings (SSSR count). The van der Waals surface area contributed by atoms with Crippen LogP contribution in [-0.2, 0) is 4.74 Å². The smallest absolute Gasteiger partial charge is 0.251 e. The van der Waals surface area contributed by atoms with Crippen LogP contribution in [0.25, 0.3) is 0 Å². The first-order chi connectivity index (χ1) is 14.6. The van der Waals surface area contributed by atoms with Crippen LogP contribution in [0, 0.1) is 12.8 Å². The number of amides is 1. The van der Waals surface area contributed by atoms with Crippen LogP contribution in [0.5, 0.6) is 0 Å². The second kappa shape index (κ2) is 13.2. The predicted molar refractivity (Wildman–Crippen MR) is 123 cm³/mol. The topological polar surface area (TPSA) is 78.0 Å². The minimum absolute atomic E-state index is 0.0513. The number of benzene rings is 1. The van der Waals surface area contributed by atoms with Crippen LogP contribution in [0.3, 0.4) is 0 Å². The molecule has 7 nitrogen and oxygen atoms in total. The number of morpholine rings is 1. The molecule has 3 N–H and O–H groups in total. The van der Waals surface area contributed by atoms with Gasteiger partial charge in [0.25, 0.3) is 5.91 Å². The minimum atomic E-state index is -0.0513. The molecule has 1 fully saturated rings. The summed E-state index contributed by atoms with van der Waals surface area (Å²) in [5.41, 5.74) is 1.77. The number of rotatable bonds is 10. The average Bonchev–Trinajstić information content (AvgIpc) is 2.78. The average molecular weight is 418 g/mol. The molecular weight excluding hydrogens is 378 g/mol. The fourth-order valence-corrected chi connectivity index (χ4v) is 4.00. The first kappa shape index (κ1) is 24.2. The zero-order chi connectivity index (χ0) is 21.8. The molecule has 0 saturated carbocycles. The molecule has 1 saturated heterocycles. The number of nitrogens with one attached hydrogen (secondary N) is 3. The zero-order valence-electron chi connectivity index (χ0n) is 19.0. The molecule has 7 heteroatoms. The molecule has 0 aromatic heterocycles. The van der Waals surface area contributed by atoms with Crippen LogP contribution in [0.1, 0.15) is 42.6 Å². The third kappa shape index (κ3) is 7.61. The van der Waals surface area contributed by atoms with Crippen LogP contribution in [0.4, 0.5) is 0 Å². The Bertz CT molecular complexity index is 669. The zero-order valence-corrected chi connectivity index (χ0v) is 19.0. The van der Waals surface area contributed by atoms with Gasteiger partial charge in [0.15, 0.2) is 5.96 Å². The van der Waals surface area contributed by atoms with Crippen molar-refractivity contribution in [2.75, 3.05) is 53.0 Å². The summed E-state index contributed by atoms with van der Waals surface area (Å²) in [6.45, 7) is 12.1. The van der Waals surface area contributed by atoms with E-state index in [1.165, 1.54) is 0 Å². The van der Waals surface area contributed by atoms with E-state index in [0.717, 1.165) is 57.2 Å². The number of hydrogen-bond donors (Lipinski definition) is 3. The number of aliphatic imine (C=N–C) groups is 1. The van der Waals surface area contributed by atoms with E-state index in [9.17, 15) is 4.79 Å². The quantitative estimate of drug-likeness (QED) is 0.308. The van der Waals surface area contributed by atoms with Gasteiger partial charge in [-0.15, -0.1) is 0 Å². The minimum Gasteiger partial charge on any atom is -0.379 e. The Morgan fingerprint density at radius 2 is 1.83 bits per heavy atom. The molecule has 1 amide bonds. The highest BCUT2D eigenvalue weighted by molar-refractivity contribution is 5.94. The first-order valence-corrected chi connectivity index (χ1v) is 11.2. The van der Waals surface area contributed by atoms with E-state index in [0.29, 0.717) is 30.6 Å². The number of carbonyl (C=O) groups excluding carboxylic acids is 1. The fraction of sp³-hybridized carbons (Fsp3) is 0.652. The molecule has 1 aliphatic rings. The van der Waals surface area contributed by atoms with Gasteiger partial charge in [0, 0.05) is 51.4 Å². The van der Waals surface area contributed by atoms with E-state index in [-0.39, 0.29) is 5.91 Å². The summed E-state index contributed by atoms with van der Waals surface area (Å²) in [4.78, 5) is 19.1. The summed E-state index contributed by atoms with van der Waals surface area (Å²) in [6.07, 6.45) is 2.33. The third-order valence-electron chi connectivity index (χ3n) is 5.79. The summed E-state index contributed by atoms with van der Waals surface area (Å²) >= 11 is 0. The molecule has 1 unspecified atom stereocenters. The Labute approximate surface area is 181 Å². The molecule has 0 radical (unpaired) electrons. The van der Waals surface area contributed by atoms with Gasteiger partial charge < -0.3 is 20.7 Å². The number of carbonyl (C=O) groups is 1. The standard InChI is InChI=1S/C23H39N5O2/c1-5-19(6-2)21(28-12-14-30-15-13-28)17-27-23(24-4)26-11-10-25-22(29)20-9-7-8-18(3)16-20/h7-9,16,19,21H,5-6,10-15,17H2,1-4H3,(H,25,29)(H2,24,26,27). The van der Waals surface area contributed by atoms with Crippen LogP contribution >= 0.6 is 0 Å². The predicted octanol–water partition coefficient (Wildman–Crippen LogP) is 2.03. The second-order valence-electron chi connectivity index (χ2n) is 7.80. The lowest BCUT2D eigenvalue weighted by molar-refractivity contribution is 0.00272. The van der Waals surface area contributed by atoms with E-state index in [4.69, 9.17) is 4.74 Å². The van der Waals surface area contributed by atoms with Gasteiger partial charge in [0.2, 0.25) is 0 Å². The number of nitrogens with zero attached hydrogens (tertiary/aromatic N) is 2. The highest BCUT2D eigenvalue weighted by atomic mass is 16.5. The summed E-state index contributed by atoms with van der Waals surface area (Å²) < 4.78 is 5.53. The van der Waals surface area contributed by atoms with Gasteiger partial charge in [-0.25, -0.2) is 0 Å². The van der Waals surface area contributed by atoms with Crippen molar-refractivity contribution in [2.45, 2.75) is 39.7 Å². The molecule has 0 aliphatic carbocycles. The summed E-state index contributed by atoms with van der Waals surface area (Å²) in [5, 5.41) is 9.74. The van der Waals surface area contributed by atoms with Crippen molar-refractivity contribution in [2.24, 2.45) is 10.9 Å². The largest absolute Gasteiger partial charge is 0.379 e. The Kier molecular flexibility index (Phi) is 10.7. The van der Waals surface area contributed by atoms with Crippen molar-refractivity contribution in [3.63, 3.8) is 0 Å². The molecule has 0 bridgehead atoms. The van der Waals surface area contributed by atoms with Gasteiger partial charge in [0.05, 0.1) is 13.2 Å². The molecule has 30 heavy (non-hydrogen) atoms. The van der Waals surface area contributed by atoms with Crippen LogP contribution in [-0.4, -0.2) is 75.8 Å². The maximum atomic E-state index is 12.2. The molecule has 1 heterocycles. The fourth-order valence-electron chi connectivity index (χ4n) is 4.00. The van der Waals surface area contributed by atoms with Gasteiger partial charge >= 0.3 is 0 Å². The lowest BCUT2D eigenvalue weighted by Crippen LogP contribution is -2.53. The summed E-state index contributed by atoms with van der Waals surface area (Å²) in [7, 11) is 1.78. The monoisotopic (exact) mass is 417 g/mol. The van der Waals surface area contributed by atoms with Crippen molar-refractivity contribution in [3.05, 3.63) is 35.4 Å². The number of aryl methyl sites for hydroxylation is 1. The summed E-state index contributed by atoms with van der Waals surface area (Å²) in [5.74, 6) is 1.36. The number of ether oxygens (including phenoxy) is 1. The lowest BCUT2D eigenvalue weighted by atomic mass is 9.92. The van der Waals surface area contributed by atoms with E-state index in [1.54, 1.807) is 7.05 Å². The van der Waals surface area contributed by atoms with Crippen molar-refractivity contribution in [3.8, 4) is 0 Å². The van der Waals surface area contributed by atoms with Crippen molar-refractivity contribution in [1.82, 2.24) is 20.9 Å². The van der Waals surface area contributed by atoms with E-state index in [1.807, 2.05) is 31.2 Å². The highest BCUT2D eigenvalue weighted by Gasteiger charge is 2.26. The molecule has 1 aromatic carbocycles. The molecule has 0 spiro atoms. The summed E-state index contributed by atoms with van der Waals surface area (Å²) in [6, 6.07) is 8.08. The number of guanidine groups is 1. The lowest BCUT2D eigenvalue weighted by Gasteiger charge is -2.39. The van der Waals surface area contributed by atoms with E-state index in [2.05, 4.69) is 39.7 Å². The van der Waals surface area contributed by atoms with Crippen molar-refractivity contribution in [1.29, 1.82) is 0 Å². The molecular formula is C23H39N5O2. The Balaban J connectivity index is 1.78. The SMILES string of the molecule is CCC(CC)C(CNC(=NC)NCCNC(=O)c1cccc(C)c1)N1CCOCC1. The number of hydrogen-bond acceptors (Lipinski definition) is 4. The third-order valence-corrected chi connectivity index (χ3v) is 5.79. The normalized spacial score (nSPS) is 16.4. The second-order valence-corrected chi connectivity index (χ2v) is 7.80. The van der Waals surface area contributed by atoms with E-state index >= 15 is 0 Å². The van der Waals surface area contributed by atoms with Gasteiger partial charge in [-0.2, -0.15) is 0 Å². The molecule has 1 atom stereocenters. The van der Waals surface area contributed by atoms with Gasteiger partial charge in [-0.05, 0) is 25.0 Å². The van der Waals surface area contributed by atoms with Crippen molar-refractivity contribution >= 4 is 11.9 Å². The Morgan fingerprint density at radius 1 is 1.13 bits per heavy atom. The van der Waals surface area contributed by atoms with Crippen LogP contribution < -0.4 is 16.0 Å². The Morgan fingerprint density at radius 3 is 2.47 bits per heavy atom. The first-order valence-electron chi connectivity index (χ1n) is 11.2. The van der Waals surface area contributed by atoms with Gasteiger partial charge in [0.1, 0.15) is 0 Å². The van der Waals surface area contributed by atoms with Gasteiger partial charge in [-0.3, -0.25) is 14.7 Å². The van der Waals surface area contributed by atoms with E-state index < -0.39 is 0 Å². The Hall–Kier alpha value is -2.12. The van der Waals surface area contributed by atoms with Gasteiger partial charge in [-0.1, -0.05) is 44.4 Å². The van der Waals surface area contributed by atoms with Crippen LogP contribution in [0.2, 0.25) is 0 Å². The van der Waals surface area contributed by atoms with Crippen LogP contribution in [0.15, 0.2) is 29.3 Å². The molecule has 1 aliphatic heterocycles. The maximum Gasteiger partial charge on any atom is 0.251 e.